The normalized spacial score (nSPS) is 26.8. The standard InChI is InChI=1S/C16H18O2/c1-12-9-10-14(16(2,11-12)18-3)15(17)13-7-5-4-6-8-13/h4-11,14H,1-3H3. The van der Waals surface area contributed by atoms with Crippen LogP contribution in [0.5, 0.6) is 0 Å². The zero-order valence-electron chi connectivity index (χ0n) is 11.0. The van der Waals surface area contributed by atoms with E-state index in [1.54, 1.807) is 7.11 Å². The largest absolute Gasteiger partial charge is 0.373 e. The van der Waals surface area contributed by atoms with Crippen LogP contribution in [0.25, 0.3) is 0 Å². The van der Waals surface area contributed by atoms with Gasteiger partial charge < -0.3 is 4.74 Å². The number of carbonyl (C=O) groups excluding carboxylic acids is 1. The Bertz CT molecular complexity index is 499. The van der Waals surface area contributed by atoms with Crippen LogP contribution in [0, 0.1) is 5.92 Å². The monoisotopic (exact) mass is 242 g/mol. The Hall–Kier alpha value is -1.67. The molecule has 1 aromatic carbocycles. The SMILES string of the molecule is COC1(C)C=C(C)C=CC1C(=O)c1ccccc1. The lowest BCUT2D eigenvalue weighted by molar-refractivity contribution is 0.0144. The lowest BCUT2D eigenvalue weighted by atomic mass is 9.78. The van der Waals surface area contributed by atoms with Crippen LogP contribution in [0.2, 0.25) is 0 Å². The minimum Gasteiger partial charge on any atom is -0.373 e. The molecule has 0 saturated carbocycles. The number of ether oxygens (including phenoxy) is 1. The van der Waals surface area contributed by atoms with E-state index in [0.717, 1.165) is 11.1 Å². The highest BCUT2D eigenvalue weighted by molar-refractivity contribution is 6.00. The van der Waals surface area contributed by atoms with Crippen LogP contribution < -0.4 is 0 Å². The first kappa shape index (κ1) is 12.8. The number of Topliss-reactive ketones (excluding diaryl/α,β-unsaturated/α-hetero) is 1. The van der Waals surface area contributed by atoms with Crippen molar-refractivity contribution in [1.29, 1.82) is 0 Å². The molecule has 0 N–H and O–H groups in total. The van der Waals surface area contributed by atoms with Crippen LogP contribution in [0.15, 0.2) is 54.1 Å². The fraction of sp³-hybridized carbons (Fsp3) is 0.312. The Morgan fingerprint density at radius 1 is 1.28 bits per heavy atom. The van der Waals surface area contributed by atoms with Crippen molar-refractivity contribution in [2.24, 2.45) is 5.92 Å². The molecule has 2 atom stereocenters. The average molecular weight is 242 g/mol. The van der Waals surface area contributed by atoms with Crippen molar-refractivity contribution in [1.82, 2.24) is 0 Å². The number of hydrogen-bond donors (Lipinski definition) is 0. The third kappa shape index (κ3) is 2.29. The Morgan fingerprint density at radius 2 is 1.94 bits per heavy atom. The molecule has 0 saturated heterocycles. The molecule has 2 unspecified atom stereocenters. The predicted molar refractivity (Wildman–Crippen MR) is 72.6 cm³/mol. The minimum absolute atomic E-state index is 0.0972. The number of rotatable bonds is 3. The van der Waals surface area contributed by atoms with E-state index in [1.807, 2.05) is 62.4 Å². The van der Waals surface area contributed by atoms with Gasteiger partial charge in [0.05, 0.1) is 11.5 Å². The molecule has 94 valence electrons. The molecule has 0 amide bonds. The molecule has 1 aromatic rings. The maximum Gasteiger partial charge on any atom is 0.172 e. The van der Waals surface area contributed by atoms with Crippen LogP contribution in [-0.2, 0) is 4.74 Å². The molecule has 1 aliphatic rings. The van der Waals surface area contributed by atoms with Gasteiger partial charge >= 0.3 is 0 Å². The molecule has 0 spiro atoms. The van der Waals surface area contributed by atoms with Gasteiger partial charge in [0.1, 0.15) is 0 Å². The van der Waals surface area contributed by atoms with E-state index in [0.29, 0.717) is 0 Å². The molecule has 0 heterocycles. The summed E-state index contributed by atoms with van der Waals surface area (Å²) in [6, 6.07) is 9.36. The first-order valence-corrected chi connectivity index (χ1v) is 6.09. The summed E-state index contributed by atoms with van der Waals surface area (Å²) >= 11 is 0. The summed E-state index contributed by atoms with van der Waals surface area (Å²) < 4.78 is 5.56. The first-order chi connectivity index (χ1) is 8.57. The van der Waals surface area contributed by atoms with E-state index in [2.05, 4.69) is 0 Å². The van der Waals surface area contributed by atoms with Crippen LogP contribution >= 0.6 is 0 Å². The summed E-state index contributed by atoms with van der Waals surface area (Å²) in [5.41, 5.74) is 1.28. The summed E-state index contributed by atoms with van der Waals surface area (Å²) in [7, 11) is 1.65. The lowest BCUT2D eigenvalue weighted by Crippen LogP contribution is -2.40. The van der Waals surface area contributed by atoms with Gasteiger partial charge in [0.25, 0.3) is 0 Å². The topological polar surface area (TPSA) is 26.3 Å². The molecule has 0 aliphatic heterocycles. The van der Waals surface area contributed by atoms with Crippen molar-refractivity contribution < 1.29 is 9.53 Å². The summed E-state index contributed by atoms with van der Waals surface area (Å²) in [4.78, 5) is 12.5. The van der Waals surface area contributed by atoms with Gasteiger partial charge in [0.2, 0.25) is 0 Å². The van der Waals surface area contributed by atoms with Gasteiger partial charge in [0.15, 0.2) is 5.78 Å². The fourth-order valence-corrected chi connectivity index (χ4v) is 2.34. The molecule has 1 aliphatic carbocycles. The molecule has 2 nitrogen and oxygen atoms in total. The first-order valence-electron chi connectivity index (χ1n) is 6.09. The quantitative estimate of drug-likeness (QED) is 0.759. The van der Waals surface area contributed by atoms with Crippen LogP contribution in [0.1, 0.15) is 24.2 Å². The number of hydrogen-bond acceptors (Lipinski definition) is 2. The highest BCUT2D eigenvalue weighted by Gasteiger charge is 2.37. The Morgan fingerprint density at radius 3 is 2.56 bits per heavy atom. The summed E-state index contributed by atoms with van der Waals surface area (Å²) in [5, 5.41) is 0. The molecule has 2 heteroatoms. The van der Waals surface area contributed by atoms with Gasteiger partial charge in [-0.2, -0.15) is 0 Å². The fourth-order valence-electron chi connectivity index (χ4n) is 2.34. The van der Waals surface area contributed by atoms with Gasteiger partial charge in [-0.3, -0.25) is 4.79 Å². The lowest BCUT2D eigenvalue weighted by Gasteiger charge is -2.34. The van der Waals surface area contributed by atoms with Gasteiger partial charge in [-0.25, -0.2) is 0 Å². The molecule has 2 rings (SSSR count). The Kier molecular flexibility index (Phi) is 3.48. The third-order valence-electron chi connectivity index (χ3n) is 3.46. The number of allylic oxidation sites excluding steroid dienone is 2. The van der Waals surface area contributed by atoms with Gasteiger partial charge in [0, 0.05) is 12.7 Å². The molecule has 18 heavy (non-hydrogen) atoms. The van der Waals surface area contributed by atoms with E-state index < -0.39 is 5.60 Å². The molecule has 0 bridgehead atoms. The number of ketones is 1. The third-order valence-corrected chi connectivity index (χ3v) is 3.46. The highest BCUT2D eigenvalue weighted by atomic mass is 16.5. The zero-order chi connectivity index (χ0) is 13.2. The Labute approximate surface area is 108 Å². The molecular weight excluding hydrogens is 224 g/mol. The maximum absolute atomic E-state index is 12.5. The smallest absolute Gasteiger partial charge is 0.172 e. The van der Waals surface area contributed by atoms with Crippen LogP contribution in [0.4, 0.5) is 0 Å². The minimum atomic E-state index is -0.564. The number of benzene rings is 1. The van der Waals surface area contributed by atoms with E-state index >= 15 is 0 Å². The second kappa shape index (κ2) is 4.91. The maximum atomic E-state index is 12.5. The molecular formula is C16H18O2. The van der Waals surface area contributed by atoms with Crippen molar-refractivity contribution in [3.8, 4) is 0 Å². The number of carbonyl (C=O) groups is 1. The van der Waals surface area contributed by atoms with E-state index in [1.165, 1.54) is 0 Å². The Balaban J connectivity index is 2.34. The summed E-state index contributed by atoms with van der Waals surface area (Å²) in [6.07, 6.45) is 5.93. The van der Waals surface area contributed by atoms with Crippen molar-refractivity contribution in [3.05, 3.63) is 59.7 Å². The van der Waals surface area contributed by atoms with Crippen molar-refractivity contribution in [2.75, 3.05) is 7.11 Å². The van der Waals surface area contributed by atoms with E-state index in [4.69, 9.17) is 4.74 Å². The molecule has 0 aromatic heterocycles. The zero-order valence-corrected chi connectivity index (χ0v) is 11.0. The van der Waals surface area contributed by atoms with Gasteiger partial charge in [-0.1, -0.05) is 48.1 Å². The van der Waals surface area contributed by atoms with Crippen molar-refractivity contribution in [3.63, 3.8) is 0 Å². The van der Waals surface area contributed by atoms with Gasteiger partial charge in [-0.15, -0.1) is 0 Å². The van der Waals surface area contributed by atoms with Gasteiger partial charge in [-0.05, 0) is 19.9 Å². The van der Waals surface area contributed by atoms with E-state index in [9.17, 15) is 4.79 Å². The molecule has 0 radical (unpaired) electrons. The van der Waals surface area contributed by atoms with Crippen molar-refractivity contribution >= 4 is 5.78 Å². The van der Waals surface area contributed by atoms with Crippen LogP contribution in [0.3, 0.4) is 0 Å². The van der Waals surface area contributed by atoms with E-state index in [-0.39, 0.29) is 11.7 Å². The highest BCUT2D eigenvalue weighted by Crippen LogP contribution is 2.32. The average Bonchev–Trinajstić information content (AvgIpc) is 2.39. The second-order valence-corrected chi connectivity index (χ2v) is 4.84. The summed E-state index contributed by atoms with van der Waals surface area (Å²) in [6.45, 7) is 3.96. The predicted octanol–water partition coefficient (Wildman–Crippen LogP) is 3.41. The number of methoxy groups -OCH3 is 1. The van der Waals surface area contributed by atoms with Crippen LogP contribution in [-0.4, -0.2) is 18.5 Å². The van der Waals surface area contributed by atoms with Crippen molar-refractivity contribution in [2.45, 2.75) is 19.4 Å². The summed E-state index contributed by atoms with van der Waals surface area (Å²) in [5.74, 6) is -0.173. The molecule has 0 fully saturated rings. The second-order valence-electron chi connectivity index (χ2n) is 4.84.